The fraction of sp³-hybridized carbons (Fsp3) is 1.00. The fourth-order valence-corrected chi connectivity index (χ4v) is 6.62. The van der Waals surface area contributed by atoms with Crippen LogP contribution in [0.2, 0.25) is 0 Å². The third-order valence-electron chi connectivity index (χ3n) is 7.33. The maximum absolute atomic E-state index is 2.00. The third kappa shape index (κ3) is 6.56. The lowest BCUT2D eigenvalue weighted by atomic mass is 9.51. The molecule has 4 aliphatic carbocycles. The monoisotopic (exact) mass is 366 g/mol. The molecule has 0 N–H and O–H groups in total. The van der Waals surface area contributed by atoms with Crippen LogP contribution in [0.25, 0.3) is 0 Å². The maximum atomic E-state index is 2.00. The number of hydrogen-bond donors (Lipinski definition) is 0. The summed E-state index contributed by atoms with van der Waals surface area (Å²) >= 11 is 0. The summed E-state index contributed by atoms with van der Waals surface area (Å²) < 4.78 is 0. The van der Waals surface area contributed by atoms with Crippen molar-refractivity contribution < 1.29 is 0 Å². The van der Waals surface area contributed by atoms with Gasteiger partial charge in [0.25, 0.3) is 0 Å². The molecule has 6 atom stereocenters. The van der Waals surface area contributed by atoms with Crippen LogP contribution in [0.5, 0.6) is 0 Å². The molecule has 0 aliphatic heterocycles. The molecule has 0 amide bonds. The minimum Gasteiger partial charge on any atom is -0.0683 e. The van der Waals surface area contributed by atoms with Gasteiger partial charge in [-0.05, 0) is 74.0 Å². The highest BCUT2D eigenvalue weighted by atomic mass is 14.5. The average Bonchev–Trinajstić information content (AvgIpc) is 2.79. The highest BCUT2D eigenvalue weighted by Gasteiger charge is 2.47. The van der Waals surface area contributed by atoms with Crippen LogP contribution in [-0.4, -0.2) is 0 Å². The van der Waals surface area contributed by atoms with Crippen molar-refractivity contribution in [2.75, 3.05) is 0 Å². The van der Waals surface area contributed by atoms with Gasteiger partial charge in [-0.25, -0.2) is 0 Å². The first-order valence-electron chi connectivity index (χ1n) is 12.9. The smallest absolute Gasteiger partial charge is 0.0352 e. The molecule has 0 aromatic carbocycles. The first-order chi connectivity index (χ1) is 12.9. The maximum Gasteiger partial charge on any atom is -0.0352 e. The summed E-state index contributed by atoms with van der Waals surface area (Å²) in [5, 5.41) is 0. The van der Waals surface area contributed by atoms with E-state index in [0.29, 0.717) is 0 Å². The minimum absolute atomic E-state index is 1.15. The van der Waals surface area contributed by atoms with E-state index in [2.05, 4.69) is 0 Å². The van der Waals surface area contributed by atoms with Crippen LogP contribution in [0.1, 0.15) is 132 Å². The molecule has 4 rings (SSSR count). The van der Waals surface area contributed by atoms with Gasteiger partial charge in [-0.1, -0.05) is 93.9 Å². The zero-order valence-electron chi connectivity index (χ0n) is 19.9. The van der Waals surface area contributed by atoms with Gasteiger partial charge >= 0.3 is 0 Å². The Morgan fingerprint density at radius 1 is 0.308 bits per heavy atom. The van der Waals surface area contributed by atoms with E-state index >= 15 is 0 Å². The molecule has 0 aromatic rings. The first kappa shape index (κ1) is 26.0. The number of rotatable bonds is 0. The molecule has 0 nitrogen and oxygen atoms in total. The Hall–Kier alpha value is 0. The molecule has 4 fully saturated rings. The van der Waals surface area contributed by atoms with Crippen LogP contribution >= 0.6 is 0 Å². The second-order valence-corrected chi connectivity index (χ2v) is 7.90. The van der Waals surface area contributed by atoms with E-state index in [1.54, 1.807) is 77.0 Å². The molecular formula is C26H54. The second kappa shape index (κ2) is 16.0. The molecule has 0 bridgehead atoms. The highest BCUT2D eigenvalue weighted by Crippen LogP contribution is 2.56. The van der Waals surface area contributed by atoms with Crippen molar-refractivity contribution in [3.63, 3.8) is 0 Å². The Bertz CT molecular complexity index is 264. The lowest BCUT2D eigenvalue weighted by molar-refractivity contribution is -0.0408. The molecule has 158 valence electrons. The highest BCUT2D eigenvalue weighted by molar-refractivity contribution is 4.97. The Morgan fingerprint density at radius 2 is 0.615 bits per heavy atom. The molecule has 26 heavy (non-hydrogen) atoms. The summed E-state index contributed by atoms with van der Waals surface area (Å²) in [5.74, 6) is 6.98. The van der Waals surface area contributed by atoms with Crippen LogP contribution in [-0.2, 0) is 0 Å². The standard InChI is InChI=1S/C18H30.4C2H6/c1-3-7-15-13(5-1)9-11-18-16-8-4-2-6-14(16)10-12-17(15)18;4*1-2/h13-18H,1-12H2;4*1-2H3. The van der Waals surface area contributed by atoms with Crippen LogP contribution < -0.4 is 0 Å². The fourth-order valence-electron chi connectivity index (χ4n) is 6.62. The van der Waals surface area contributed by atoms with Crippen LogP contribution in [0.15, 0.2) is 0 Å². The Morgan fingerprint density at radius 3 is 0.962 bits per heavy atom. The molecule has 0 radical (unpaired) electrons. The molecule has 6 unspecified atom stereocenters. The van der Waals surface area contributed by atoms with Gasteiger partial charge in [0.05, 0.1) is 0 Å². The van der Waals surface area contributed by atoms with E-state index in [1.807, 2.05) is 55.4 Å². The largest absolute Gasteiger partial charge is 0.0683 e. The molecule has 0 aromatic heterocycles. The van der Waals surface area contributed by atoms with Crippen molar-refractivity contribution in [1.29, 1.82) is 0 Å². The molecule has 4 aliphatic rings. The van der Waals surface area contributed by atoms with Crippen molar-refractivity contribution in [2.45, 2.75) is 132 Å². The zero-order valence-corrected chi connectivity index (χ0v) is 19.9. The van der Waals surface area contributed by atoms with E-state index in [-0.39, 0.29) is 0 Å². The van der Waals surface area contributed by atoms with Gasteiger partial charge in [0.15, 0.2) is 0 Å². The van der Waals surface area contributed by atoms with Gasteiger partial charge in [-0.15, -0.1) is 0 Å². The van der Waals surface area contributed by atoms with E-state index < -0.39 is 0 Å². The van der Waals surface area contributed by atoms with Gasteiger partial charge in [0.1, 0.15) is 0 Å². The van der Waals surface area contributed by atoms with Gasteiger partial charge in [0, 0.05) is 0 Å². The third-order valence-corrected chi connectivity index (χ3v) is 7.33. The molecule has 4 saturated carbocycles. The topological polar surface area (TPSA) is 0 Å². The van der Waals surface area contributed by atoms with E-state index in [9.17, 15) is 0 Å². The number of hydrogen-bond acceptors (Lipinski definition) is 0. The lowest BCUT2D eigenvalue weighted by Gasteiger charge is -2.54. The van der Waals surface area contributed by atoms with Gasteiger partial charge < -0.3 is 0 Å². The first-order valence-corrected chi connectivity index (χ1v) is 12.9. The van der Waals surface area contributed by atoms with Crippen molar-refractivity contribution in [3.8, 4) is 0 Å². The molecule has 0 saturated heterocycles. The summed E-state index contributed by atoms with van der Waals surface area (Å²) in [7, 11) is 0. The molecular weight excluding hydrogens is 312 g/mol. The van der Waals surface area contributed by atoms with Crippen molar-refractivity contribution in [1.82, 2.24) is 0 Å². The summed E-state index contributed by atoms with van der Waals surface area (Å²) in [5.41, 5.74) is 0. The van der Waals surface area contributed by atoms with Crippen molar-refractivity contribution in [3.05, 3.63) is 0 Å². The number of fused-ring (bicyclic) bond motifs is 5. The van der Waals surface area contributed by atoms with E-state index in [1.165, 1.54) is 23.7 Å². The lowest BCUT2D eigenvalue weighted by Crippen LogP contribution is -2.45. The summed E-state index contributed by atoms with van der Waals surface area (Å²) in [6.07, 6.45) is 19.0. The summed E-state index contributed by atoms with van der Waals surface area (Å²) in [6, 6.07) is 0. The van der Waals surface area contributed by atoms with Crippen molar-refractivity contribution >= 4 is 0 Å². The molecule has 0 heterocycles. The quantitative estimate of drug-likeness (QED) is 0.400. The molecule has 0 spiro atoms. The minimum atomic E-state index is 1.15. The van der Waals surface area contributed by atoms with Gasteiger partial charge in [-0.2, -0.15) is 0 Å². The van der Waals surface area contributed by atoms with Crippen LogP contribution in [0.4, 0.5) is 0 Å². The van der Waals surface area contributed by atoms with E-state index in [0.717, 1.165) is 11.8 Å². The Kier molecular flexibility index (Phi) is 16.0. The van der Waals surface area contributed by atoms with Crippen molar-refractivity contribution in [2.24, 2.45) is 35.5 Å². The summed E-state index contributed by atoms with van der Waals surface area (Å²) in [4.78, 5) is 0. The zero-order chi connectivity index (χ0) is 19.9. The Balaban J connectivity index is 0.000000698. The van der Waals surface area contributed by atoms with Crippen LogP contribution in [0.3, 0.4) is 0 Å². The predicted molar refractivity (Wildman–Crippen MR) is 122 cm³/mol. The van der Waals surface area contributed by atoms with Gasteiger partial charge in [-0.3, -0.25) is 0 Å². The van der Waals surface area contributed by atoms with Crippen LogP contribution in [0, 0.1) is 35.5 Å². The van der Waals surface area contributed by atoms with Gasteiger partial charge in [0.2, 0.25) is 0 Å². The SMILES string of the molecule is C1CCC2C(C1)CCC1C3CCCCC3CCC21.CC.CC.CC.CC. The summed E-state index contributed by atoms with van der Waals surface area (Å²) in [6.45, 7) is 16.0. The molecule has 0 heteroatoms. The predicted octanol–water partition coefficient (Wildman–Crippen LogP) is 9.52. The second-order valence-electron chi connectivity index (χ2n) is 7.90. The van der Waals surface area contributed by atoms with E-state index in [4.69, 9.17) is 0 Å². The average molecular weight is 367 g/mol. The Labute approximate surface area is 168 Å². The normalized spacial score (nSPS) is 36.9.